The minimum atomic E-state index is 0.126. The Morgan fingerprint density at radius 3 is 2.41 bits per heavy atom. The molecule has 2 nitrogen and oxygen atoms in total. The molecule has 0 aromatic carbocycles. The molecule has 17 heavy (non-hydrogen) atoms. The highest BCUT2D eigenvalue weighted by molar-refractivity contribution is 4.87. The van der Waals surface area contributed by atoms with Crippen molar-refractivity contribution in [3.63, 3.8) is 0 Å². The van der Waals surface area contributed by atoms with Crippen molar-refractivity contribution in [1.29, 1.82) is 0 Å². The number of nitrogens with one attached hydrogen (secondary N) is 1. The van der Waals surface area contributed by atoms with Gasteiger partial charge in [-0.1, -0.05) is 32.6 Å². The lowest BCUT2D eigenvalue weighted by molar-refractivity contribution is -0.0792. The summed E-state index contributed by atoms with van der Waals surface area (Å²) in [7, 11) is 0. The molecule has 1 saturated carbocycles. The van der Waals surface area contributed by atoms with E-state index in [2.05, 4.69) is 19.2 Å². The van der Waals surface area contributed by atoms with Crippen LogP contribution in [0.15, 0.2) is 0 Å². The Morgan fingerprint density at radius 1 is 1.06 bits per heavy atom. The standard InChI is InChI=1S/C15H29NO/c1-3-15(2)12-14(10-11-17-15)16-13-8-6-4-5-7-9-13/h13-14,16H,3-12H2,1-2H3. The van der Waals surface area contributed by atoms with E-state index >= 15 is 0 Å². The van der Waals surface area contributed by atoms with Crippen LogP contribution in [-0.4, -0.2) is 24.3 Å². The minimum absolute atomic E-state index is 0.126. The average Bonchev–Trinajstić information content (AvgIpc) is 2.58. The summed E-state index contributed by atoms with van der Waals surface area (Å²) in [6, 6.07) is 1.47. The van der Waals surface area contributed by atoms with Crippen LogP contribution < -0.4 is 5.32 Å². The predicted octanol–water partition coefficient (Wildman–Crippen LogP) is 3.65. The van der Waals surface area contributed by atoms with Crippen molar-refractivity contribution in [3.05, 3.63) is 0 Å². The molecule has 1 heterocycles. The lowest BCUT2D eigenvalue weighted by Crippen LogP contribution is -2.48. The Bertz CT molecular complexity index is 223. The quantitative estimate of drug-likeness (QED) is 0.759. The van der Waals surface area contributed by atoms with E-state index in [1.54, 1.807) is 0 Å². The van der Waals surface area contributed by atoms with E-state index in [9.17, 15) is 0 Å². The highest BCUT2D eigenvalue weighted by atomic mass is 16.5. The van der Waals surface area contributed by atoms with Gasteiger partial charge in [0.25, 0.3) is 0 Å². The maximum absolute atomic E-state index is 5.92. The van der Waals surface area contributed by atoms with E-state index in [0.29, 0.717) is 6.04 Å². The zero-order valence-electron chi connectivity index (χ0n) is 11.6. The number of rotatable bonds is 3. The zero-order chi connectivity index (χ0) is 12.1. The monoisotopic (exact) mass is 239 g/mol. The molecule has 0 bridgehead atoms. The van der Waals surface area contributed by atoms with Crippen LogP contribution in [0.2, 0.25) is 0 Å². The van der Waals surface area contributed by atoms with Gasteiger partial charge in [0.1, 0.15) is 0 Å². The fraction of sp³-hybridized carbons (Fsp3) is 1.00. The molecule has 2 atom stereocenters. The first-order valence-electron chi connectivity index (χ1n) is 7.62. The lowest BCUT2D eigenvalue weighted by Gasteiger charge is -2.39. The Morgan fingerprint density at radius 2 is 1.76 bits per heavy atom. The van der Waals surface area contributed by atoms with Gasteiger partial charge < -0.3 is 10.1 Å². The third-order valence-electron chi connectivity index (χ3n) is 4.67. The van der Waals surface area contributed by atoms with E-state index in [-0.39, 0.29) is 5.60 Å². The van der Waals surface area contributed by atoms with Gasteiger partial charge >= 0.3 is 0 Å². The highest BCUT2D eigenvalue weighted by Gasteiger charge is 2.32. The van der Waals surface area contributed by atoms with Gasteiger partial charge in [0, 0.05) is 18.7 Å². The van der Waals surface area contributed by atoms with Crippen LogP contribution in [0.1, 0.15) is 71.6 Å². The Balaban J connectivity index is 1.81. The van der Waals surface area contributed by atoms with Crippen LogP contribution in [0, 0.1) is 0 Å². The van der Waals surface area contributed by atoms with E-state index < -0.39 is 0 Å². The first-order valence-corrected chi connectivity index (χ1v) is 7.62. The van der Waals surface area contributed by atoms with E-state index in [4.69, 9.17) is 4.74 Å². The van der Waals surface area contributed by atoms with Gasteiger partial charge in [-0.25, -0.2) is 0 Å². The summed E-state index contributed by atoms with van der Waals surface area (Å²) in [5.74, 6) is 0. The van der Waals surface area contributed by atoms with Crippen LogP contribution in [0.25, 0.3) is 0 Å². The average molecular weight is 239 g/mol. The molecule has 2 rings (SSSR count). The Labute approximate surface area is 107 Å². The summed E-state index contributed by atoms with van der Waals surface area (Å²) >= 11 is 0. The SMILES string of the molecule is CCC1(C)CC(NC2CCCCCC2)CCO1. The zero-order valence-corrected chi connectivity index (χ0v) is 11.6. The van der Waals surface area contributed by atoms with Crippen LogP contribution in [-0.2, 0) is 4.74 Å². The van der Waals surface area contributed by atoms with Gasteiger partial charge in [0.2, 0.25) is 0 Å². The van der Waals surface area contributed by atoms with Crippen LogP contribution in [0.3, 0.4) is 0 Å². The lowest BCUT2D eigenvalue weighted by atomic mass is 9.89. The summed E-state index contributed by atoms with van der Waals surface area (Å²) in [4.78, 5) is 0. The van der Waals surface area contributed by atoms with Gasteiger partial charge in [-0.15, -0.1) is 0 Å². The van der Waals surface area contributed by atoms with E-state index in [1.165, 1.54) is 51.4 Å². The minimum Gasteiger partial charge on any atom is -0.375 e. The van der Waals surface area contributed by atoms with Crippen molar-refractivity contribution < 1.29 is 4.74 Å². The molecule has 100 valence electrons. The van der Waals surface area contributed by atoms with Crippen molar-refractivity contribution in [2.75, 3.05) is 6.61 Å². The molecule has 0 aromatic heterocycles. The third kappa shape index (κ3) is 3.96. The second kappa shape index (κ2) is 6.19. The van der Waals surface area contributed by atoms with Crippen LogP contribution in [0.4, 0.5) is 0 Å². The van der Waals surface area contributed by atoms with Gasteiger partial charge in [-0.05, 0) is 39.0 Å². The molecule has 2 heteroatoms. The second-order valence-electron chi connectivity index (χ2n) is 6.20. The van der Waals surface area contributed by atoms with Gasteiger partial charge in [0.05, 0.1) is 5.60 Å². The molecule has 1 aliphatic heterocycles. The summed E-state index contributed by atoms with van der Waals surface area (Å²) in [6.45, 7) is 5.46. The molecule has 2 fully saturated rings. The fourth-order valence-electron chi connectivity index (χ4n) is 3.30. The molecule has 0 spiro atoms. The smallest absolute Gasteiger partial charge is 0.0666 e. The van der Waals surface area contributed by atoms with E-state index in [1.807, 2.05) is 0 Å². The largest absolute Gasteiger partial charge is 0.375 e. The maximum Gasteiger partial charge on any atom is 0.0666 e. The number of hydrogen-bond acceptors (Lipinski definition) is 2. The van der Waals surface area contributed by atoms with E-state index in [0.717, 1.165) is 19.1 Å². The molecule has 0 aromatic rings. The third-order valence-corrected chi connectivity index (χ3v) is 4.67. The van der Waals surface area contributed by atoms with Gasteiger partial charge in [-0.3, -0.25) is 0 Å². The summed E-state index contributed by atoms with van der Waals surface area (Å²) < 4.78 is 5.92. The Kier molecular flexibility index (Phi) is 4.87. The second-order valence-corrected chi connectivity index (χ2v) is 6.20. The van der Waals surface area contributed by atoms with Gasteiger partial charge in [0.15, 0.2) is 0 Å². The molecule has 0 amide bonds. The van der Waals surface area contributed by atoms with Crippen LogP contribution in [0.5, 0.6) is 0 Å². The maximum atomic E-state index is 5.92. The molecule has 1 aliphatic carbocycles. The molecule has 1 saturated heterocycles. The number of ether oxygens (including phenoxy) is 1. The molecule has 0 radical (unpaired) electrons. The van der Waals surface area contributed by atoms with Crippen molar-refractivity contribution in [3.8, 4) is 0 Å². The topological polar surface area (TPSA) is 21.3 Å². The normalized spacial score (nSPS) is 36.7. The van der Waals surface area contributed by atoms with Crippen LogP contribution >= 0.6 is 0 Å². The first kappa shape index (κ1) is 13.4. The fourth-order valence-corrected chi connectivity index (χ4v) is 3.30. The first-order chi connectivity index (χ1) is 8.22. The number of hydrogen-bond donors (Lipinski definition) is 1. The summed E-state index contributed by atoms with van der Waals surface area (Å²) in [5, 5.41) is 3.91. The van der Waals surface area contributed by atoms with Crippen molar-refractivity contribution >= 4 is 0 Å². The molecule has 2 aliphatic rings. The molecular weight excluding hydrogens is 210 g/mol. The predicted molar refractivity (Wildman–Crippen MR) is 72.3 cm³/mol. The molecule has 1 N–H and O–H groups in total. The van der Waals surface area contributed by atoms with Crippen molar-refractivity contribution in [2.24, 2.45) is 0 Å². The van der Waals surface area contributed by atoms with Gasteiger partial charge in [-0.2, -0.15) is 0 Å². The summed E-state index contributed by atoms with van der Waals surface area (Å²) in [6.07, 6.45) is 12.0. The molecular formula is C15H29NO. The highest BCUT2D eigenvalue weighted by Crippen LogP contribution is 2.29. The Hall–Kier alpha value is -0.0800. The van der Waals surface area contributed by atoms with Crippen molar-refractivity contribution in [1.82, 2.24) is 5.32 Å². The van der Waals surface area contributed by atoms with Crippen molar-refractivity contribution in [2.45, 2.75) is 89.3 Å². The molecule has 2 unspecified atom stereocenters. The summed E-state index contributed by atoms with van der Waals surface area (Å²) in [5.41, 5.74) is 0.126.